The Kier molecular flexibility index (Phi) is 3.55. The van der Waals surface area contributed by atoms with E-state index in [1.54, 1.807) is 12.4 Å². The minimum atomic E-state index is 0.337. The van der Waals surface area contributed by atoms with Crippen molar-refractivity contribution in [1.82, 2.24) is 9.97 Å². The molecular formula is C10H13IN2O. The van der Waals surface area contributed by atoms with Crippen LogP contribution >= 0.6 is 22.6 Å². The molecule has 3 nitrogen and oxygen atoms in total. The Bertz CT molecular complexity index is 283. The molecule has 1 aromatic rings. The van der Waals surface area contributed by atoms with Crippen molar-refractivity contribution < 1.29 is 4.74 Å². The SMILES string of the molecule is Ic1cnc(OC2CCCCC2)nc1. The van der Waals surface area contributed by atoms with Crippen LogP contribution in [0.3, 0.4) is 0 Å². The minimum absolute atomic E-state index is 0.337. The Morgan fingerprint density at radius 1 is 1.14 bits per heavy atom. The highest BCUT2D eigenvalue weighted by Gasteiger charge is 2.15. The summed E-state index contributed by atoms with van der Waals surface area (Å²) in [4.78, 5) is 8.26. The van der Waals surface area contributed by atoms with Gasteiger partial charge < -0.3 is 4.74 Å². The van der Waals surface area contributed by atoms with E-state index in [4.69, 9.17) is 4.74 Å². The summed E-state index contributed by atoms with van der Waals surface area (Å²) in [5, 5.41) is 0. The predicted octanol–water partition coefficient (Wildman–Crippen LogP) is 2.79. The average Bonchev–Trinajstić information content (AvgIpc) is 2.23. The fourth-order valence-electron chi connectivity index (χ4n) is 1.69. The van der Waals surface area contributed by atoms with Gasteiger partial charge in [0.2, 0.25) is 0 Å². The molecule has 76 valence electrons. The van der Waals surface area contributed by atoms with E-state index in [-0.39, 0.29) is 0 Å². The Hall–Kier alpha value is -0.390. The number of nitrogens with zero attached hydrogens (tertiary/aromatic N) is 2. The van der Waals surface area contributed by atoms with Crippen LogP contribution in [0.2, 0.25) is 0 Å². The fourth-order valence-corrected chi connectivity index (χ4v) is 1.97. The second-order valence-corrected chi connectivity index (χ2v) is 4.81. The van der Waals surface area contributed by atoms with Crippen molar-refractivity contribution in [3.8, 4) is 6.01 Å². The largest absolute Gasteiger partial charge is 0.460 e. The molecule has 2 rings (SSSR count). The molecule has 1 heterocycles. The van der Waals surface area contributed by atoms with Crippen molar-refractivity contribution in [3.63, 3.8) is 0 Å². The maximum absolute atomic E-state index is 5.68. The average molecular weight is 304 g/mol. The highest BCUT2D eigenvalue weighted by Crippen LogP contribution is 2.21. The van der Waals surface area contributed by atoms with Crippen LogP contribution in [-0.2, 0) is 0 Å². The first-order valence-corrected chi connectivity index (χ1v) is 6.07. The van der Waals surface area contributed by atoms with E-state index < -0.39 is 0 Å². The summed E-state index contributed by atoms with van der Waals surface area (Å²) in [7, 11) is 0. The van der Waals surface area contributed by atoms with Gasteiger partial charge >= 0.3 is 6.01 Å². The second kappa shape index (κ2) is 4.91. The number of halogens is 1. The zero-order chi connectivity index (χ0) is 9.80. The van der Waals surface area contributed by atoms with Crippen LogP contribution in [0.5, 0.6) is 6.01 Å². The number of hydrogen-bond acceptors (Lipinski definition) is 3. The summed E-state index contributed by atoms with van der Waals surface area (Å²) in [6.45, 7) is 0. The summed E-state index contributed by atoms with van der Waals surface area (Å²) < 4.78 is 6.73. The second-order valence-electron chi connectivity index (χ2n) is 3.56. The van der Waals surface area contributed by atoms with Gasteiger partial charge in [0, 0.05) is 16.0 Å². The summed E-state index contributed by atoms with van der Waals surface area (Å²) >= 11 is 2.19. The summed E-state index contributed by atoms with van der Waals surface area (Å²) in [5.74, 6) is 0. The van der Waals surface area contributed by atoms with Crippen LogP contribution in [0.25, 0.3) is 0 Å². The molecule has 0 saturated heterocycles. The molecule has 0 aromatic carbocycles. The van der Waals surface area contributed by atoms with E-state index in [9.17, 15) is 0 Å². The molecule has 0 amide bonds. The molecule has 0 aliphatic heterocycles. The zero-order valence-corrected chi connectivity index (χ0v) is 10.1. The molecule has 0 atom stereocenters. The molecule has 0 unspecified atom stereocenters. The number of aromatic nitrogens is 2. The van der Waals surface area contributed by atoms with Gasteiger partial charge in [-0.3, -0.25) is 0 Å². The van der Waals surface area contributed by atoms with Crippen LogP contribution in [0.1, 0.15) is 32.1 Å². The highest BCUT2D eigenvalue weighted by molar-refractivity contribution is 14.1. The van der Waals surface area contributed by atoms with Crippen molar-refractivity contribution in [1.29, 1.82) is 0 Å². The van der Waals surface area contributed by atoms with E-state index in [0.717, 1.165) is 16.4 Å². The van der Waals surface area contributed by atoms with E-state index >= 15 is 0 Å². The van der Waals surface area contributed by atoms with Gasteiger partial charge in [-0.05, 0) is 48.3 Å². The van der Waals surface area contributed by atoms with Gasteiger partial charge in [0.05, 0.1) is 0 Å². The van der Waals surface area contributed by atoms with Crippen LogP contribution in [0.15, 0.2) is 12.4 Å². The van der Waals surface area contributed by atoms with Gasteiger partial charge in [-0.25, -0.2) is 9.97 Å². The molecule has 1 saturated carbocycles. The molecule has 1 aliphatic carbocycles. The van der Waals surface area contributed by atoms with Crippen LogP contribution in [0, 0.1) is 3.57 Å². The third-order valence-electron chi connectivity index (χ3n) is 2.42. The lowest BCUT2D eigenvalue weighted by molar-refractivity contribution is 0.141. The van der Waals surface area contributed by atoms with Crippen molar-refractivity contribution >= 4 is 22.6 Å². The third-order valence-corrected chi connectivity index (χ3v) is 2.98. The molecule has 4 heteroatoms. The first-order valence-electron chi connectivity index (χ1n) is 4.99. The number of rotatable bonds is 2. The molecule has 0 radical (unpaired) electrons. The topological polar surface area (TPSA) is 35.0 Å². The zero-order valence-electron chi connectivity index (χ0n) is 7.95. The quantitative estimate of drug-likeness (QED) is 0.788. The van der Waals surface area contributed by atoms with Crippen LogP contribution in [0.4, 0.5) is 0 Å². The monoisotopic (exact) mass is 304 g/mol. The maximum atomic E-state index is 5.68. The summed E-state index contributed by atoms with van der Waals surface area (Å²) in [6.07, 6.45) is 10.1. The standard InChI is InChI=1S/C10H13IN2O/c11-8-6-12-10(13-7-8)14-9-4-2-1-3-5-9/h6-7,9H,1-5H2. The van der Waals surface area contributed by atoms with Crippen molar-refractivity contribution in [2.45, 2.75) is 38.2 Å². The Balaban J connectivity index is 1.92. The lowest BCUT2D eigenvalue weighted by Gasteiger charge is -2.21. The lowest BCUT2D eigenvalue weighted by atomic mass is 9.98. The van der Waals surface area contributed by atoms with E-state index in [1.807, 2.05) is 0 Å². The maximum Gasteiger partial charge on any atom is 0.316 e. The molecule has 0 N–H and O–H groups in total. The van der Waals surface area contributed by atoms with Gasteiger partial charge in [0.1, 0.15) is 6.10 Å². The highest BCUT2D eigenvalue weighted by atomic mass is 127. The summed E-state index contributed by atoms with van der Waals surface area (Å²) in [5.41, 5.74) is 0. The van der Waals surface area contributed by atoms with E-state index in [1.165, 1.54) is 19.3 Å². The molecular weight excluding hydrogens is 291 g/mol. The Labute approximate surface area is 97.4 Å². The molecule has 14 heavy (non-hydrogen) atoms. The normalized spacial score (nSPS) is 18.1. The summed E-state index contributed by atoms with van der Waals surface area (Å²) in [6, 6.07) is 0.525. The van der Waals surface area contributed by atoms with Crippen LogP contribution < -0.4 is 4.74 Å². The van der Waals surface area contributed by atoms with Crippen molar-refractivity contribution in [3.05, 3.63) is 16.0 Å². The first-order chi connectivity index (χ1) is 6.84. The van der Waals surface area contributed by atoms with Gasteiger partial charge in [-0.2, -0.15) is 0 Å². The Morgan fingerprint density at radius 3 is 2.43 bits per heavy atom. The van der Waals surface area contributed by atoms with Gasteiger partial charge in [0.25, 0.3) is 0 Å². The first kappa shape index (κ1) is 10.1. The number of ether oxygens (including phenoxy) is 1. The van der Waals surface area contributed by atoms with E-state index in [0.29, 0.717) is 12.1 Å². The molecule has 0 bridgehead atoms. The fraction of sp³-hybridized carbons (Fsp3) is 0.600. The van der Waals surface area contributed by atoms with Crippen molar-refractivity contribution in [2.75, 3.05) is 0 Å². The molecule has 1 aliphatic rings. The molecule has 1 fully saturated rings. The predicted molar refractivity (Wildman–Crippen MR) is 62.3 cm³/mol. The van der Waals surface area contributed by atoms with E-state index in [2.05, 4.69) is 32.6 Å². The van der Waals surface area contributed by atoms with Crippen LogP contribution in [-0.4, -0.2) is 16.1 Å². The molecule has 0 spiro atoms. The minimum Gasteiger partial charge on any atom is -0.460 e. The van der Waals surface area contributed by atoms with Gasteiger partial charge in [0.15, 0.2) is 0 Å². The Morgan fingerprint density at radius 2 is 1.79 bits per heavy atom. The van der Waals surface area contributed by atoms with Crippen molar-refractivity contribution in [2.24, 2.45) is 0 Å². The smallest absolute Gasteiger partial charge is 0.316 e. The molecule has 1 aromatic heterocycles. The third kappa shape index (κ3) is 2.80. The van der Waals surface area contributed by atoms with Gasteiger partial charge in [-0.15, -0.1) is 0 Å². The number of hydrogen-bond donors (Lipinski definition) is 0. The van der Waals surface area contributed by atoms with Gasteiger partial charge in [-0.1, -0.05) is 6.42 Å². The lowest BCUT2D eigenvalue weighted by Crippen LogP contribution is -2.20.